The number of carbonyl (C=O) groups is 3. The second-order valence-electron chi connectivity index (χ2n) is 4.60. The van der Waals surface area contributed by atoms with E-state index in [1.807, 2.05) is 0 Å². The largest absolute Gasteiger partial charge is 0.480 e. The Kier molecular flexibility index (Phi) is 3.25. The molecule has 2 aliphatic rings. The number of carbonyl (C=O) groups excluding carboxylic acids is 2. The quantitative estimate of drug-likeness (QED) is 0.679. The van der Waals surface area contributed by atoms with Gasteiger partial charge in [-0.05, 0) is 12.8 Å². The zero-order valence-corrected chi connectivity index (χ0v) is 10.1. The molecule has 100 valence electrons. The maximum Gasteiger partial charge on any atom is 0.325 e. The number of ether oxygens (including phenoxy) is 1. The number of nitrogens with one attached hydrogen (secondary N) is 1. The summed E-state index contributed by atoms with van der Waals surface area (Å²) in [7, 11) is 0. The van der Waals surface area contributed by atoms with E-state index in [4.69, 9.17) is 9.84 Å². The third kappa shape index (κ3) is 1.84. The van der Waals surface area contributed by atoms with Gasteiger partial charge in [0, 0.05) is 12.5 Å². The summed E-state index contributed by atoms with van der Waals surface area (Å²) in [5.74, 6) is -1.74. The molecule has 0 saturated carbocycles. The van der Waals surface area contributed by atoms with Gasteiger partial charge in [-0.2, -0.15) is 0 Å². The number of urea groups is 1. The Labute approximate surface area is 104 Å². The van der Waals surface area contributed by atoms with Gasteiger partial charge >= 0.3 is 12.0 Å². The number of hydrogen-bond donors (Lipinski definition) is 2. The van der Waals surface area contributed by atoms with Crippen molar-refractivity contribution in [3.05, 3.63) is 0 Å². The van der Waals surface area contributed by atoms with E-state index in [1.165, 1.54) is 0 Å². The lowest BCUT2D eigenvalue weighted by Gasteiger charge is -2.30. The second-order valence-corrected chi connectivity index (χ2v) is 4.60. The zero-order chi connectivity index (χ0) is 13.3. The van der Waals surface area contributed by atoms with Crippen LogP contribution in [-0.4, -0.2) is 53.2 Å². The van der Waals surface area contributed by atoms with Gasteiger partial charge in [-0.15, -0.1) is 0 Å². The van der Waals surface area contributed by atoms with Gasteiger partial charge in [-0.25, -0.2) is 4.79 Å². The first-order chi connectivity index (χ1) is 8.51. The van der Waals surface area contributed by atoms with Crippen molar-refractivity contribution < 1.29 is 24.2 Å². The van der Waals surface area contributed by atoms with Crippen molar-refractivity contribution in [3.8, 4) is 0 Å². The first-order valence-corrected chi connectivity index (χ1v) is 5.95. The van der Waals surface area contributed by atoms with Crippen LogP contribution in [0.5, 0.6) is 0 Å². The minimum absolute atomic E-state index is 0.0854. The number of imide groups is 1. The van der Waals surface area contributed by atoms with Crippen LogP contribution < -0.4 is 5.32 Å². The third-order valence-corrected chi connectivity index (χ3v) is 3.68. The van der Waals surface area contributed by atoms with Crippen LogP contribution in [0.25, 0.3) is 0 Å². The molecule has 18 heavy (non-hydrogen) atoms. The molecule has 2 N–H and O–H groups in total. The third-order valence-electron chi connectivity index (χ3n) is 3.68. The summed E-state index contributed by atoms with van der Waals surface area (Å²) >= 11 is 0. The molecular weight excluding hydrogens is 240 g/mol. The van der Waals surface area contributed by atoms with Crippen LogP contribution in [0.4, 0.5) is 4.79 Å². The summed E-state index contributed by atoms with van der Waals surface area (Å²) in [5, 5.41) is 11.4. The van der Waals surface area contributed by atoms with Crippen molar-refractivity contribution in [2.24, 2.45) is 5.92 Å². The summed E-state index contributed by atoms with van der Waals surface area (Å²) < 4.78 is 5.26. The Morgan fingerprint density at radius 3 is 2.83 bits per heavy atom. The van der Waals surface area contributed by atoms with Crippen molar-refractivity contribution in [1.29, 1.82) is 0 Å². The molecule has 3 amide bonds. The highest BCUT2D eigenvalue weighted by Gasteiger charge is 2.55. The molecule has 7 nitrogen and oxygen atoms in total. The minimum atomic E-state index is -1.20. The van der Waals surface area contributed by atoms with Gasteiger partial charge in [0.1, 0.15) is 12.1 Å². The van der Waals surface area contributed by atoms with Gasteiger partial charge < -0.3 is 15.2 Å². The van der Waals surface area contributed by atoms with Crippen molar-refractivity contribution in [2.75, 3.05) is 19.8 Å². The van der Waals surface area contributed by atoms with Crippen LogP contribution in [0.3, 0.4) is 0 Å². The maximum absolute atomic E-state index is 12.3. The van der Waals surface area contributed by atoms with Crippen molar-refractivity contribution in [1.82, 2.24) is 10.2 Å². The van der Waals surface area contributed by atoms with E-state index in [-0.39, 0.29) is 5.92 Å². The van der Waals surface area contributed by atoms with E-state index < -0.39 is 30.0 Å². The fourth-order valence-electron chi connectivity index (χ4n) is 2.65. The van der Waals surface area contributed by atoms with Gasteiger partial charge in [-0.3, -0.25) is 14.5 Å². The Morgan fingerprint density at radius 2 is 2.33 bits per heavy atom. The molecular formula is C11H16N2O5. The Hall–Kier alpha value is -1.63. The van der Waals surface area contributed by atoms with E-state index in [1.54, 1.807) is 6.92 Å². The van der Waals surface area contributed by atoms with Crippen LogP contribution in [0.1, 0.15) is 19.8 Å². The van der Waals surface area contributed by atoms with Crippen LogP contribution in [-0.2, 0) is 14.3 Å². The highest BCUT2D eigenvalue weighted by atomic mass is 16.5. The van der Waals surface area contributed by atoms with E-state index in [0.717, 1.165) is 4.90 Å². The molecule has 0 aromatic carbocycles. The molecule has 2 fully saturated rings. The fraction of sp³-hybridized carbons (Fsp3) is 0.727. The van der Waals surface area contributed by atoms with E-state index in [2.05, 4.69) is 5.32 Å². The van der Waals surface area contributed by atoms with Gasteiger partial charge in [0.15, 0.2) is 0 Å². The molecule has 0 bridgehead atoms. The molecule has 0 aromatic rings. The maximum atomic E-state index is 12.3. The Balaban J connectivity index is 2.25. The number of carboxylic acid groups (broad SMARTS) is 1. The van der Waals surface area contributed by atoms with Crippen molar-refractivity contribution >= 4 is 17.9 Å². The number of carboxylic acids is 1. The smallest absolute Gasteiger partial charge is 0.325 e. The first-order valence-electron chi connectivity index (χ1n) is 5.95. The zero-order valence-electron chi connectivity index (χ0n) is 10.1. The predicted molar refractivity (Wildman–Crippen MR) is 59.8 cm³/mol. The van der Waals surface area contributed by atoms with Gasteiger partial charge in [0.2, 0.25) is 0 Å². The van der Waals surface area contributed by atoms with Crippen molar-refractivity contribution in [3.63, 3.8) is 0 Å². The molecule has 7 heteroatoms. The van der Waals surface area contributed by atoms with Gasteiger partial charge in [0.05, 0.1) is 6.61 Å². The molecule has 0 radical (unpaired) electrons. The highest BCUT2D eigenvalue weighted by Crippen LogP contribution is 2.34. The van der Waals surface area contributed by atoms with Gasteiger partial charge in [0.25, 0.3) is 5.91 Å². The monoisotopic (exact) mass is 256 g/mol. The lowest BCUT2D eigenvalue weighted by atomic mass is 9.81. The molecule has 2 atom stereocenters. The number of rotatable bonds is 4. The number of amides is 3. The van der Waals surface area contributed by atoms with Crippen LogP contribution in [0.2, 0.25) is 0 Å². The average molecular weight is 256 g/mol. The summed E-state index contributed by atoms with van der Waals surface area (Å²) in [4.78, 5) is 35.5. The first kappa shape index (κ1) is 12.8. The SMILES string of the molecule is CCC1(C2CCOC2)NC(=O)N(CC(=O)O)C1=O. The Bertz CT molecular complexity index is 391. The summed E-state index contributed by atoms with van der Waals surface area (Å²) in [5.41, 5.74) is -0.997. The molecule has 0 aromatic heterocycles. The molecule has 2 aliphatic heterocycles. The molecule has 2 heterocycles. The molecule has 0 spiro atoms. The fourth-order valence-corrected chi connectivity index (χ4v) is 2.65. The van der Waals surface area contributed by atoms with E-state index in [9.17, 15) is 14.4 Å². The highest BCUT2D eigenvalue weighted by molar-refractivity contribution is 6.08. The summed E-state index contributed by atoms with van der Waals surface area (Å²) in [6.45, 7) is 2.19. The van der Waals surface area contributed by atoms with Crippen LogP contribution in [0.15, 0.2) is 0 Å². The second kappa shape index (κ2) is 4.56. The Morgan fingerprint density at radius 1 is 1.61 bits per heavy atom. The van der Waals surface area contributed by atoms with Crippen LogP contribution >= 0.6 is 0 Å². The minimum Gasteiger partial charge on any atom is -0.480 e. The molecule has 2 rings (SSSR count). The van der Waals surface area contributed by atoms with E-state index in [0.29, 0.717) is 26.1 Å². The number of nitrogens with zero attached hydrogens (tertiary/aromatic N) is 1. The molecule has 2 saturated heterocycles. The predicted octanol–water partition coefficient (Wildman–Crippen LogP) is -0.192. The summed E-state index contributed by atoms with van der Waals surface area (Å²) in [6, 6.07) is -0.629. The van der Waals surface area contributed by atoms with Crippen LogP contribution in [0, 0.1) is 5.92 Å². The topological polar surface area (TPSA) is 95.9 Å². The van der Waals surface area contributed by atoms with E-state index >= 15 is 0 Å². The lowest BCUT2D eigenvalue weighted by molar-refractivity contribution is -0.143. The van der Waals surface area contributed by atoms with Crippen molar-refractivity contribution in [2.45, 2.75) is 25.3 Å². The average Bonchev–Trinajstić information content (AvgIpc) is 2.91. The number of aliphatic carboxylic acids is 1. The molecule has 2 unspecified atom stereocenters. The normalized spacial score (nSPS) is 31.8. The molecule has 0 aliphatic carbocycles. The lowest BCUT2D eigenvalue weighted by Crippen LogP contribution is -2.53. The number of hydrogen-bond acceptors (Lipinski definition) is 4. The standard InChI is InChI=1S/C11H16N2O5/c1-2-11(7-3-4-18-6-7)9(16)13(5-8(14)15)10(17)12-11/h7H,2-6H2,1H3,(H,12,17)(H,14,15). The summed E-state index contributed by atoms with van der Waals surface area (Å²) in [6.07, 6.45) is 1.13. The van der Waals surface area contributed by atoms with Gasteiger partial charge in [-0.1, -0.05) is 6.92 Å².